The second-order valence-corrected chi connectivity index (χ2v) is 2.90. The lowest BCUT2D eigenvalue weighted by molar-refractivity contribution is -0.143. The minimum absolute atomic E-state index is 0.525. The Labute approximate surface area is 72.7 Å². The summed E-state index contributed by atoms with van der Waals surface area (Å²) in [5.74, 6) is -1.09. The first-order valence-electron chi connectivity index (χ1n) is 4.00. The van der Waals surface area contributed by atoms with E-state index in [1.54, 1.807) is 6.08 Å². The molecule has 1 atom stereocenters. The van der Waals surface area contributed by atoms with Crippen molar-refractivity contribution >= 4 is 0 Å². The highest BCUT2D eigenvalue weighted by Crippen LogP contribution is 2.20. The number of nitrogens with one attached hydrogen (secondary N) is 1. The summed E-state index contributed by atoms with van der Waals surface area (Å²) in [4.78, 5) is 0. The molecule has 0 aromatic heterocycles. The van der Waals surface area contributed by atoms with Gasteiger partial charge in [0.05, 0.1) is 0 Å². The van der Waals surface area contributed by atoms with Crippen LogP contribution in [0, 0.1) is 0 Å². The SMILES string of the molecule is CNCC1=CCC(O)(OC)C=C1. The summed E-state index contributed by atoms with van der Waals surface area (Å²) in [5, 5.41) is 12.6. The average molecular weight is 169 g/mol. The number of ether oxygens (including phenoxy) is 1. The lowest BCUT2D eigenvalue weighted by Gasteiger charge is -2.24. The van der Waals surface area contributed by atoms with Crippen LogP contribution in [0.25, 0.3) is 0 Å². The molecule has 0 heterocycles. The van der Waals surface area contributed by atoms with Gasteiger partial charge in [-0.25, -0.2) is 0 Å². The number of likely N-dealkylation sites (N-methyl/N-ethyl adjacent to an activating group) is 1. The van der Waals surface area contributed by atoms with Crippen LogP contribution >= 0.6 is 0 Å². The standard InChI is InChI=1S/C9H15NO2/c1-10-7-8-3-5-9(11,12-2)6-4-8/h3-5,10-11H,6-7H2,1-2H3. The van der Waals surface area contributed by atoms with E-state index in [0.717, 1.165) is 6.54 Å². The van der Waals surface area contributed by atoms with Crippen molar-refractivity contribution in [1.29, 1.82) is 0 Å². The van der Waals surface area contributed by atoms with Crippen LogP contribution in [-0.2, 0) is 4.74 Å². The van der Waals surface area contributed by atoms with E-state index in [9.17, 15) is 5.11 Å². The van der Waals surface area contributed by atoms with Gasteiger partial charge in [-0.2, -0.15) is 0 Å². The smallest absolute Gasteiger partial charge is 0.188 e. The van der Waals surface area contributed by atoms with Gasteiger partial charge in [0.25, 0.3) is 0 Å². The molecule has 1 aliphatic carbocycles. The Morgan fingerprint density at radius 1 is 1.75 bits per heavy atom. The van der Waals surface area contributed by atoms with Crippen LogP contribution in [0.5, 0.6) is 0 Å². The van der Waals surface area contributed by atoms with Crippen LogP contribution < -0.4 is 5.32 Å². The van der Waals surface area contributed by atoms with Gasteiger partial charge in [-0.1, -0.05) is 12.2 Å². The highest BCUT2D eigenvalue weighted by atomic mass is 16.6. The van der Waals surface area contributed by atoms with Crippen LogP contribution in [0.3, 0.4) is 0 Å². The number of hydrogen-bond donors (Lipinski definition) is 2. The molecule has 0 saturated heterocycles. The molecule has 0 saturated carbocycles. The minimum Gasteiger partial charge on any atom is -0.362 e. The maximum absolute atomic E-state index is 9.59. The molecule has 1 rings (SSSR count). The van der Waals surface area contributed by atoms with E-state index in [4.69, 9.17) is 4.74 Å². The van der Waals surface area contributed by atoms with Crippen LogP contribution in [0.1, 0.15) is 6.42 Å². The van der Waals surface area contributed by atoms with Gasteiger partial charge in [0.15, 0.2) is 5.79 Å². The third-order valence-electron chi connectivity index (χ3n) is 1.95. The summed E-state index contributed by atoms with van der Waals surface area (Å²) in [6.07, 6.45) is 6.06. The number of rotatable bonds is 3. The van der Waals surface area contributed by atoms with Crippen molar-refractivity contribution < 1.29 is 9.84 Å². The average Bonchev–Trinajstić information content (AvgIpc) is 2.10. The largest absolute Gasteiger partial charge is 0.362 e. The van der Waals surface area contributed by atoms with Crippen molar-refractivity contribution in [2.75, 3.05) is 20.7 Å². The number of methoxy groups -OCH3 is 1. The van der Waals surface area contributed by atoms with Crippen molar-refractivity contribution in [1.82, 2.24) is 5.32 Å². The molecule has 1 aliphatic rings. The predicted molar refractivity (Wildman–Crippen MR) is 47.7 cm³/mol. The Morgan fingerprint density at radius 2 is 2.50 bits per heavy atom. The molecule has 0 bridgehead atoms. The monoisotopic (exact) mass is 169 g/mol. The molecule has 0 aromatic carbocycles. The van der Waals surface area contributed by atoms with Crippen molar-refractivity contribution in [3.8, 4) is 0 Å². The molecular weight excluding hydrogens is 154 g/mol. The Bertz CT molecular complexity index is 211. The second kappa shape index (κ2) is 3.85. The molecule has 12 heavy (non-hydrogen) atoms. The summed E-state index contributed by atoms with van der Waals surface area (Å²) in [5.41, 5.74) is 1.18. The van der Waals surface area contributed by atoms with Crippen molar-refractivity contribution in [3.63, 3.8) is 0 Å². The van der Waals surface area contributed by atoms with Crippen molar-refractivity contribution in [2.45, 2.75) is 12.2 Å². The highest BCUT2D eigenvalue weighted by Gasteiger charge is 2.23. The van der Waals surface area contributed by atoms with E-state index in [0.29, 0.717) is 6.42 Å². The zero-order valence-corrected chi connectivity index (χ0v) is 7.50. The first-order valence-corrected chi connectivity index (χ1v) is 4.00. The maximum Gasteiger partial charge on any atom is 0.188 e. The lowest BCUT2D eigenvalue weighted by atomic mass is 10.0. The summed E-state index contributed by atoms with van der Waals surface area (Å²) in [6.45, 7) is 0.830. The van der Waals surface area contributed by atoms with Gasteiger partial charge in [-0.3, -0.25) is 0 Å². The summed E-state index contributed by atoms with van der Waals surface area (Å²) < 4.78 is 4.91. The van der Waals surface area contributed by atoms with E-state index < -0.39 is 5.79 Å². The van der Waals surface area contributed by atoms with Gasteiger partial charge < -0.3 is 15.2 Å². The third kappa shape index (κ3) is 2.17. The number of hydrogen-bond acceptors (Lipinski definition) is 3. The van der Waals surface area contributed by atoms with Crippen molar-refractivity contribution in [2.24, 2.45) is 0 Å². The third-order valence-corrected chi connectivity index (χ3v) is 1.95. The van der Waals surface area contributed by atoms with E-state index in [-0.39, 0.29) is 0 Å². The van der Waals surface area contributed by atoms with Crippen LogP contribution in [0.2, 0.25) is 0 Å². The molecule has 0 fully saturated rings. The fraction of sp³-hybridized carbons (Fsp3) is 0.556. The van der Waals surface area contributed by atoms with Gasteiger partial charge in [-0.05, 0) is 18.7 Å². The molecule has 0 amide bonds. The van der Waals surface area contributed by atoms with E-state index >= 15 is 0 Å². The highest BCUT2D eigenvalue weighted by molar-refractivity contribution is 5.27. The van der Waals surface area contributed by atoms with E-state index in [1.807, 2.05) is 19.2 Å². The summed E-state index contributed by atoms with van der Waals surface area (Å²) >= 11 is 0. The van der Waals surface area contributed by atoms with Crippen molar-refractivity contribution in [3.05, 3.63) is 23.8 Å². The molecule has 0 radical (unpaired) electrons. The Kier molecular flexibility index (Phi) is 3.03. The molecule has 68 valence electrons. The van der Waals surface area contributed by atoms with Gasteiger partial charge >= 0.3 is 0 Å². The van der Waals surface area contributed by atoms with Crippen LogP contribution in [0.4, 0.5) is 0 Å². The summed E-state index contributed by atoms with van der Waals surface area (Å²) in [6, 6.07) is 0. The zero-order chi connectivity index (χ0) is 9.03. The molecular formula is C9H15NO2. The minimum atomic E-state index is -1.09. The first-order chi connectivity index (χ1) is 5.70. The Morgan fingerprint density at radius 3 is 2.92 bits per heavy atom. The van der Waals surface area contributed by atoms with Gasteiger partial charge in [0.2, 0.25) is 0 Å². The zero-order valence-electron chi connectivity index (χ0n) is 7.50. The topological polar surface area (TPSA) is 41.5 Å². The fourth-order valence-corrected chi connectivity index (χ4v) is 1.14. The number of aliphatic hydroxyl groups is 1. The molecule has 0 aromatic rings. The normalized spacial score (nSPS) is 28.8. The lowest BCUT2D eigenvalue weighted by Crippen LogP contribution is -2.29. The Balaban J connectivity index is 2.55. The first kappa shape index (κ1) is 9.45. The van der Waals surface area contributed by atoms with E-state index in [2.05, 4.69) is 5.32 Å². The quantitative estimate of drug-likeness (QED) is 0.602. The summed E-state index contributed by atoms with van der Waals surface area (Å²) in [7, 11) is 3.40. The Hall–Kier alpha value is -0.640. The van der Waals surface area contributed by atoms with Gasteiger partial charge in [-0.15, -0.1) is 0 Å². The van der Waals surface area contributed by atoms with E-state index in [1.165, 1.54) is 12.7 Å². The fourth-order valence-electron chi connectivity index (χ4n) is 1.14. The van der Waals surface area contributed by atoms with Crippen LogP contribution in [-0.4, -0.2) is 31.6 Å². The maximum atomic E-state index is 9.59. The molecule has 3 nitrogen and oxygen atoms in total. The van der Waals surface area contributed by atoms with Gasteiger partial charge in [0.1, 0.15) is 0 Å². The second-order valence-electron chi connectivity index (χ2n) is 2.90. The van der Waals surface area contributed by atoms with Gasteiger partial charge in [0, 0.05) is 20.1 Å². The van der Waals surface area contributed by atoms with Crippen LogP contribution in [0.15, 0.2) is 23.8 Å². The predicted octanol–water partition coefficient (Wildman–Crippen LogP) is 0.427. The molecule has 1 unspecified atom stereocenters. The molecule has 0 aliphatic heterocycles. The molecule has 0 spiro atoms. The molecule has 3 heteroatoms. The molecule has 2 N–H and O–H groups in total.